The number of pyridine rings is 1. The lowest BCUT2D eigenvalue weighted by Gasteiger charge is -2.16. The van der Waals surface area contributed by atoms with Gasteiger partial charge in [-0.15, -0.1) is 0 Å². The van der Waals surface area contributed by atoms with Gasteiger partial charge in [0.1, 0.15) is 24.4 Å². The predicted octanol–water partition coefficient (Wildman–Crippen LogP) is 6.03. The molecule has 1 N–H and O–H groups in total. The average Bonchev–Trinajstić information content (AvgIpc) is 3.12. The lowest BCUT2D eigenvalue weighted by atomic mass is 9.89. The van der Waals surface area contributed by atoms with Crippen molar-refractivity contribution in [2.24, 2.45) is 5.10 Å². The van der Waals surface area contributed by atoms with Gasteiger partial charge in [0.05, 0.1) is 11.1 Å². The van der Waals surface area contributed by atoms with E-state index in [9.17, 15) is 10.1 Å². The molecule has 1 atom stereocenters. The molecule has 3 aromatic rings. The zero-order valence-electron chi connectivity index (χ0n) is 18.4. The predicted molar refractivity (Wildman–Crippen MR) is 129 cm³/mol. The number of nitrogens with zero attached hydrogens (tertiary/aromatic N) is 3. The molecule has 0 radical (unpaired) electrons. The van der Waals surface area contributed by atoms with Crippen molar-refractivity contribution in [3.05, 3.63) is 117 Å². The van der Waals surface area contributed by atoms with Crippen LogP contribution in [0, 0.1) is 10.1 Å². The number of ether oxygens (including phenoxy) is 1. The second-order valence-corrected chi connectivity index (χ2v) is 7.83. The van der Waals surface area contributed by atoms with Gasteiger partial charge < -0.3 is 4.74 Å². The highest BCUT2D eigenvalue weighted by molar-refractivity contribution is 5.86. The van der Waals surface area contributed by atoms with Crippen molar-refractivity contribution in [2.75, 3.05) is 5.43 Å². The molecule has 4 rings (SSSR count). The monoisotopic (exact) mass is 440 g/mol. The largest absolute Gasteiger partial charge is 0.489 e. The van der Waals surface area contributed by atoms with E-state index in [1.54, 1.807) is 6.21 Å². The topological polar surface area (TPSA) is 89.7 Å². The number of benzene rings is 2. The summed E-state index contributed by atoms with van der Waals surface area (Å²) >= 11 is 0. The summed E-state index contributed by atoms with van der Waals surface area (Å²) < 4.78 is 5.90. The van der Waals surface area contributed by atoms with Gasteiger partial charge in [-0.05, 0) is 48.7 Å². The quantitative estimate of drug-likeness (QED) is 0.262. The third-order valence-electron chi connectivity index (χ3n) is 5.53. The highest BCUT2D eigenvalue weighted by Gasteiger charge is 2.23. The normalized spacial score (nSPS) is 15.6. The summed E-state index contributed by atoms with van der Waals surface area (Å²) in [6.07, 6.45) is 5.07. The van der Waals surface area contributed by atoms with Crippen LogP contribution >= 0.6 is 0 Å². The number of nitrogens with one attached hydrogen (secondary N) is 1. The second kappa shape index (κ2) is 9.91. The first-order chi connectivity index (χ1) is 16.0. The molecular formula is C26H24N4O3. The Labute approximate surface area is 192 Å². The van der Waals surface area contributed by atoms with Crippen molar-refractivity contribution in [3.63, 3.8) is 0 Å². The Morgan fingerprint density at radius 2 is 1.85 bits per heavy atom. The number of aromatic nitrogens is 1. The van der Waals surface area contributed by atoms with Gasteiger partial charge >= 0.3 is 0 Å². The number of hydrogen-bond acceptors (Lipinski definition) is 6. The van der Waals surface area contributed by atoms with Crippen molar-refractivity contribution in [1.29, 1.82) is 0 Å². The van der Waals surface area contributed by atoms with Gasteiger partial charge in [-0.1, -0.05) is 59.7 Å². The zero-order valence-corrected chi connectivity index (χ0v) is 18.4. The molecule has 0 aliphatic heterocycles. The van der Waals surface area contributed by atoms with E-state index in [1.807, 2.05) is 42.5 Å². The molecule has 1 aliphatic carbocycles. The Kier molecular flexibility index (Phi) is 6.59. The van der Waals surface area contributed by atoms with E-state index in [4.69, 9.17) is 4.74 Å². The highest BCUT2D eigenvalue weighted by atomic mass is 16.6. The van der Waals surface area contributed by atoms with Gasteiger partial charge in [0.15, 0.2) is 0 Å². The molecule has 0 spiro atoms. The van der Waals surface area contributed by atoms with Crippen LogP contribution in [-0.2, 0) is 6.61 Å². The van der Waals surface area contributed by atoms with Crippen LogP contribution in [0.25, 0.3) is 0 Å². The summed E-state index contributed by atoms with van der Waals surface area (Å²) in [4.78, 5) is 14.2. The zero-order chi connectivity index (χ0) is 23.2. The summed E-state index contributed by atoms with van der Waals surface area (Å²) in [6, 6.07) is 21.2. The number of anilines is 1. The van der Waals surface area contributed by atoms with Crippen molar-refractivity contribution in [3.8, 4) is 5.75 Å². The Morgan fingerprint density at radius 3 is 2.52 bits per heavy atom. The molecular weight excluding hydrogens is 416 g/mol. The molecule has 0 saturated carbocycles. The average molecular weight is 441 g/mol. The molecule has 2 aromatic carbocycles. The minimum atomic E-state index is -0.484. The molecule has 0 saturated heterocycles. The number of allylic oxidation sites excluding steroid dienone is 4. The maximum Gasteiger partial charge on any atom is 0.287 e. The van der Waals surface area contributed by atoms with E-state index in [-0.39, 0.29) is 11.6 Å². The SMILES string of the molecule is CC1=CC(/C=N/Nc2ccc([N+](=O)[O-])cn2)=C(C)[C@H]1c1ccc(OCc2ccccc2)cc1. The highest BCUT2D eigenvalue weighted by Crippen LogP contribution is 2.39. The third-order valence-corrected chi connectivity index (χ3v) is 5.53. The molecule has 166 valence electrons. The standard InChI is InChI=1S/C26H24N4O3/c1-18-14-22(15-28-29-25-13-10-23(16-27-25)30(31)32)19(2)26(18)21-8-11-24(12-9-21)33-17-20-6-4-3-5-7-20/h3-16,26H,17H2,1-2H3,(H,27,29)/b28-15+/t26-/m0/s1. The van der Waals surface area contributed by atoms with Crippen molar-refractivity contribution in [1.82, 2.24) is 4.98 Å². The summed E-state index contributed by atoms with van der Waals surface area (Å²) in [5, 5.41) is 15.0. The van der Waals surface area contributed by atoms with Crippen molar-refractivity contribution in [2.45, 2.75) is 26.4 Å². The summed E-state index contributed by atoms with van der Waals surface area (Å²) in [5.74, 6) is 1.47. The Bertz CT molecular complexity index is 1210. The second-order valence-electron chi connectivity index (χ2n) is 7.83. The number of rotatable bonds is 8. The Morgan fingerprint density at radius 1 is 1.09 bits per heavy atom. The number of nitro groups is 1. The molecule has 0 amide bonds. The number of hydrogen-bond donors (Lipinski definition) is 1. The van der Waals surface area contributed by atoms with Crippen molar-refractivity contribution >= 4 is 17.7 Å². The molecule has 1 heterocycles. The van der Waals surface area contributed by atoms with Crippen LogP contribution in [0.1, 0.15) is 30.9 Å². The maximum absolute atomic E-state index is 10.7. The Hall–Kier alpha value is -4.26. The van der Waals surface area contributed by atoms with E-state index >= 15 is 0 Å². The van der Waals surface area contributed by atoms with E-state index < -0.39 is 4.92 Å². The van der Waals surface area contributed by atoms with Gasteiger partial charge in [0.2, 0.25) is 0 Å². The van der Waals surface area contributed by atoms with Crippen LogP contribution < -0.4 is 10.2 Å². The maximum atomic E-state index is 10.7. The van der Waals surface area contributed by atoms with E-state index in [0.29, 0.717) is 12.4 Å². The molecule has 0 bridgehead atoms. The summed E-state index contributed by atoms with van der Waals surface area (Å²) in [5.41, 5.74) is 8.55. The minimum absolute atomic E-state index is 0.0586. The first kappa shape index (κ1) is 22.0. The number of hydrazone groups is 1. The van der Waals surface area contributed by atoms with Gasteiger partial charge in [-0.25, -0.2) is 4.98 Å². The van der Waals surface area contributed by atoms with Crippen LogP contribution in [0.4, 0.5) is 11.5 Å². The van der Waals surface area contributed by atoms with Crippen LogP contribution in [0.15, 0.2) is 101 Å². The fourth-order valence-electron chi connectivity index (χ4n) is 3.83. The van der Waals surface area contributed by atoms with Gasteiger partial charge in [-0.2, -0.15) is 5.10 Å². The first-order valence-corrected chi connectivity index (χ1v) is 10.6. The van der Waals surface area contributed by atoms with E-state index in [0.717, 1.165) is 16.9 Å². The third kappa shape index (κ3) is 5.33. The lowest BCUT2D eigenvalue weighted by molar-refractivity contribution is -0.385. The van der Waals surface area contributed by atoms with Crippen LogP contribution in [0.3, 0.4) is 0 Å². The lowest BCUT2D eigenvalue weighted by Crippen LogP contribution is -2.00. The van der Waals surface area contributed by atoms with Crippen LogP contribution in [-0.4, -0.2) is 16.1 Å². The van der Waals surface area contributed by atoms with Gasteiger partial charge in [0.25, 0.3) is 5.69 Å². The fourth-order valence-corrected chi connectivity index (χ4v) is 3.83. The molecule has 7 nitrogen and oxygen atoms in total. The molecule has 1 aliphatic rings. The van der Waals surface area contributed by atoms with Gasteiger partial charge in [0, 0.05) is 12.0 Å². The fraction of sp³-hybridized carbons (Fsp3) is 0.154. The van der Waals surface area contributed by atoms with Crippen LogP contribution in [0.2, 0.25) is 0 Å². The van der Waals surface area contributed by atoms with Gasteiger partial charge in [-0.3, -0.25) is 15.5 Å². The Balaban J connectivity index is 1.40. The van der Waals surface area contributed by atoms with E-state index in [2.05, 4.69) is 47.6 Å². The smallest absolute Gasteiger partial charge is 0.287 e. The molecule has 0 fully saturated rings. The first-order valence-electron chi connectivity index (χ1n) is 10.6. The summed E-state index contributed by atoms with van der Waals surface area (Å²) in [7, 11) is 0. The summed E-state index contributed by atoms with van der Waals surface area (Å²) in [6.45, 7) is 4.75. The molecule has 33 heavy (non-hydrogen) atoms. The molecule has 7 heteroatoms. The van der Waals surface area contributed by atoms with Crippen LogP contribution in [0.5, 0.6) is 5.75 Å². The van der Waals surface area contributed by atoms with Crippen molar-refractivity contribution < 1.29 is 9.66 Å². The molecule has 1 aromatic heterocycles. The molecule has 0 unspecified atom stereocenters. The minimum Gasteiger partial charge on any atom is -0.489 e. The van der Waals surface area contributed by atoms with E-state index in [1.165, 1.54) is 35.0 Å².